The van der Waals surface area contributed by atoms with Gasteiger partial charge in [0.2, 0.25) is 0 Å². The quantitative estimate of drug-likeness (QED) is 0.188. The van der Waals surface area contributed by atoms with E-state index in [0.717, 1.165) is 55.3 Å². The largest absolute Gasteiger partial charge is 0.455 e. The lowest BCUT2D eigenvalue weighted by Crippen LogP contribution is -2.11. The van der Waals surface area contributed by atoms with E-state index >= 15 is 0 Å². The van der Waals surface area contributed by atoms with Crippen molar-refractivity contribution in [3.63, 3.8) is 0 Å². The zero-order chi connectivity index (χ0) is 33.0. The number of benzene rings is 8. The highest BCUT2D eigenvalue weighted by molar-refractivity contribution is 6.20. The van der Waals surface area contributed by atoms with Crippen LogP contribution in [0.25, 0.3) is 76.5 Å². The lowest BCUT2D eigenvalue weighted by atomic mass is 9.95. The summed E-state index contributed by atoms with van der Waals surface area (Å²) >= 11 is 0. The van der Waals surface area contributed by atoms with E-state index in [2.05, 4.69) is 174 Å². The number of para-hydroxylation sites is 1. The van der Waals surface area contributed by atoms with Crippen molar-refractivity contribution >= 4 is 71.3 Å². The number of rotatable bonds is 5. The molecule has 2 aromatic heterocycles. The molecule has 0 aliphatic carbocycles. The molecule has 0 radical (unpaired) electrons. The van der Waals surface area contributed by atoms with Crippen LogP contribution in [0, 0.1) is 0 Å². The minimum absolute atomic E-state index is 0.849. The Morgan fingerprint density at radius 3 is 1.88 bits per heavy atom. The fraction of sp³-hybridized carbons (Fsp3) is 0. The molecule has 10 aromatic rings. The van der Waals surface area contributed by atoms with Crippen molar-refractivity contribution in [2.75, 3.05) is 4.90 Å². The van der Waals surface area contributed by atoms with Crippen molar-refractivity contribution in [2.45, 2.75) is 0 Å². The van der Waals surface area contributed by atoms with E-state index in [1.54, 1.807) is 0 Å². The third-order valence-electron chi connectivity index (χ3n) is 9.95. The first-order chi connectivity index (χ1) is 24.8. The molecule has 0 N–H and O–H groups in total. The van der Waals surface area contributed by atoms with E-state index < -0.39 is 0 Å². The molecular weight excluding hydrogens is 609 g/mol. The van der Waals surface area contributed by atoms with Crippen LogP contribution in [0.1, 0.15) is 0 Å². The second-order valence-electron chi connectivity index (χ2n) is 12.7. The van der Waals surface area contributed by atoms with E-state index in [1.807, 2.05) is 18.5 Å². The van der Waals surface area contributed by atoms with Gasteiger partial charge in [0, 0.05) is 39.8 Å². The van der Waals surface area contributed by atoms with Gasteiger partial charge >= 0.3 is 0 Å². The van der Waals surface area contributed by atoms with Crippen molar-refractivity contribution in [3.8, 4) is 22.3 Å². The minimum atomic E-state index is 0.849. The zero-order valence-corrected chi connectivity index (χ0v) is 27.1. The third kappa shape index (κ3) is 4.48. The number of pyridine rings is 1. The van der Waals surface area contributed by atoms with E-state index in [0.29, 0.717) is 0 Å². The predicted octanol–water partition coefficient (Wildman–Crippen LogP) is 13.2. The van der Waals surface area contributed by atoms with Crippen LogP contribution in [0.2, 0.25) is 0 Å². The molecule has 0 spiro atoms. The first kappa shape index (κ1) is 28.3. The summed E-state index contributed by atoms with van der Waals surface area (Å²) in [6.07, 6.45) is 3.73. The topological polar surface area (TPSA) is 29.3 Å². The summed E-state index contributed by atoms with van der Waals surface area (Å²) in [5, 5.41) is 9.20. The van der Waals surface area contributed by atoms with Gasteiger partial charge in [0.15, 0.2) is 0 Å². The van der Waals surface area contributed by atoms with E-state index in [-0.39, 0.29) is 0 Å². The third-order valence-corrected chi connectivity index (χ3v) is 9.95. The van der Waals surface area contributed by atoms with Crippen molar-refractivity contribution in [3.05, 3.63) is 182 Å². The monoisotopic (exact) mass is 638 g/mol. The molecule has 0 bridgehead atoms. The number of hydrogen-bond acceptors (Lipinski definition) is 3. The summed E-state index contributed by atoms with van der Waals surface area (Å²) in [6.45, 7) is 0. The molecule has 0 aliphatic heterocycles. The van der Waals surface area contributed by atoms with Crippen LogP contribution in [0.4, 0.5) is 17.1 Å². The second-order valence-corrected chi connectivity index (χ2v) is 12.7. The van der Waals surface area contributed by atoms with Gasteiger partial charge in [-0.15, -0.1) is 0 Å². The van der Waals surface area contributed by atoms with Gasteiger partial charge in [-0.3, -0.25) is 4.98 Å². The normalized spacial score (nSPS) is 11.6. The Labute approximate surface area is 289 Å². The molecule has 234 valence electrons. The van der Waals surface area contributed by atoms with Gasteiger partial charge < -0.3 is 9.32 Å². The van der Waals surface area contributed by atoms with Gasteiger partial charge in [-0.05, 0) is 80.7 Å². The molecule has 0 aliphatic rings. The lowest BCUT2D eigenvalue weighted by molar-refractivity contribution is 0.672. The molecule has 3 heteroatoms. The Morgan fingerprint density at radius 2 is 1.06 bits per heavy atom. The standard InChI is InChI=1S/C47H30N2O/c1-3-14-36-31(10-1)12-7-17-37(36)33-22-25-35(26-23-33)49(43-19-6-5-16-41(43)40-18-8-13-32-11-2-4-15-38(32)40)44-20-9-21-45-46(44)42-27-24-34-30-48-29-28-39(34)47(42)50-45/h1-30H. The van der Waals surface area contributed by atoms with Crippen LogP contribution in [0.3, 0.4) is 0 Å². The smallest absolute Gasteiger partial charge is 0.143 e. The highest BCUT2D eigenvalue weighted by Crippen LogP contribution is 2.47. The molecule has 0 saturated heterocycles. The molecule has 2 heterocycles. The summed E-state index contributed by atoms with van der Waals surface area (Å²) in [6, 6.07) is 60.8. The number of anilines is 3. The maximum absolute atomic E-state index is 6.66. The first-order valence-corrected chi connectivity index (χ1v) is 17.0. The predicted molar refractivity (Wildman–Crippen MR) is 210 cm³/mol. The Hall–Kier alpha value is -6.71. The van der Waals surface area contributed by atoms with Crippen LogP contribution >= 0.6 is 0 Å². The molecular formula is C47H30N2O. The van der Waals surface area contributed by atoms with Gasteiger partial charge in [-0.2, -0.15) is 0 Å². The van der Waals surface area contributed by atoms with Crippen LogP contribution in [0.5, 0.6) is 0 Å². The van der Waals surface area contributed by atoms with E-state index in [4.69, 9.17) is 4.42 Å². The molecule has 0 amide bonds. The highest BCUT2D eigenvalue weighted by atomic mass is 16.3. The minimum Gasteiger partial charge on any atom is -0.455 e. The van der Waals surface area contributed by atoms with Crippen LogP contribution in [-0.2, 0) is 0 Å². The molecule has 50 heavy (non-hydrogen) atoms. The van der Waals surface area contributed by atoms with E-state index in [9.17, 15) is 0 Å². The second kappa shape index (κ2) is 11.5. The summed E-state index contributed by atoms with van der Waals surface area (Å²) < 4.78 is 6.66. The van der Waals surface area contributed by atoms with Crippen molar-refractivity contribution < 1.29 is 4.42 Å². The van der Waals surface area contributed by atoms with Crippen LogP contribution < -0.4 is 4.90 Å². The fourth-order valence-electron chi connectivity index (χ4n) is 7.65. The average Bonchev–Trinajstić information content (AvgIpc) is 3.58. The molecule has 0 unspecified atom stereocenters. The molecule has 0 saturated carbocycles. The maximum Gasteiger partial charge on any atom is 0.143 e. The summed E-state index contributed by atoms with van der Waals surface area (Å²) in [5.41, 5.74) is 9.69. The number of furan rings is 1. The molecule has 0 atom stereocenters. The van der Waals surface area contributed by atoms with Crippen molar-refractivity contribution in [2.24, 2.45) is 0 Å². The summed E-state index contributed by atoms with van der Waals surface area (Å²) in [7, 11) is 0. The maximum atomic E-state index is 6.66. The van der Waals surface area contributed by atoms with Crippen LogP contribution in [-0.4, -0.2) is 4.98 Å². The Balaban J connectivity index is 1.24. The summed E-state index contributed by atoms with van der Waals surface area (Å²) in [5.74, 6) is 0. The Bertz CT molecular complexity index is 2870. The lowest BCUT2D eigenvalue weighted by Gasteiger charge is -2.29. The average molecular weight is 639 g/mol. The van der Waals surface area contributed by atoms with E-state index in [1.165, 1.54) is 38.2 Å². The van der Waals surface area contributed by atoms with Gasteiger partial charge in [-0.25, -0.2) is 0 Å². The van der Waals surface area contributed by atoms with Gasteiger partial charge in [0.25, 0.3) is 0 Å². The molecule has 0 fully saturated rings. The van der Waals surface area contributed by atoms with Gasteiger partial charge in [0.1, 0.15) is 11.2 Å². The molecule has 3 nitrogen and oxygen atoms in total. The number of aromatic nitrogens is 1. The van der Waals surface area contributed by atoms with Crippen molar-refractivity contribution in [1.82, 2.24) is 4.98 Å². The Morgan fingerprint density at radius 1 is 0.420 bits per heavy atom. The Kier molecular flexibility index (Phi) is 6.49. The van der Waals surface area contributed by atoms with Gasteiger partial charge in [-0.1, -0.05) is 127 Å². The van der Waals surface area contributed by atoms with Crippen molar-refractivity contribution in [1.29, 1.82) is 0 Å². The molecule has 8 aromatic carbocycles. The number of nitrogens with zero attached hydrogens (tertiary/aromatic N) is 2. The number of hydrogen-bond donors (Lipinski definition) is 0. The first-order valence-electron chi connectivity index (χ1n) is 17.0. The highest BCUT2D eigenvalue weighted by Gasteiger charge is 2.23. The summed E-state index contributed by atoms with van der Waals surface area (Å²) in [4.78, 5) is 6.76. The molecule has 10 rings (SSSR count). The van der Waals surface area contributed by atoms with Gasteiger partial charge in [0.05, 0.1) is 16.8 Å². The SMILES string of the molecule is c1ccc(N(c2ccc(-c3cccc4ccccc34)cc2)c2cccc3oc4c5ccncc5ccc4c23)c(-c2cccc3ccccc23)c1. The van der Waals surface area contributed by atoms with Crippen LogP contribution in [0.15, 0.2) is 187 Å². The zero-order valence-electron chi connectivity index (χ0n) is 27.1. The number of fused-ring (bicyclic) bond motifs is 7. The fourth-order valence-corrected chi connectivity index (χ4v) is 7.65.